The van der Waals surface area contributed by atoms with Crippen LogP contribution in [0, 0.1) is 11.3 Å². The highest BCUT2D eigenvalue weighted by atomic mass is 32.2. The second kappa shape index (κ2) is 5.37. The molecule has 0 saturated heterocycles. The van der Waals surface area contributed by atoms with Gasteiger partial charge in [0.1, 0.15) is 0 Å². The van der Waals surface area contributed by atoms with Gasteiger partial charge in [-0.1, -0.05) is 5.21 Å². The van der Waals surface area contributed by atoms with E-state index in [0.29, 0.717) is 0 Å². The van der Waals surface area contributed by atoms with E-state index in [4.69, 9.17) is 10.4 Å². The minimum Gasteiger partial charge on any atom is -0.476 e. The Morgan fingerprint density at radius 3 is 2.88 bits per heavy atom. The number of aromatic nitrogens is 3. The maximum absolute atomic E-state index is 11.1. The third-order valence-corrected chi connectivity index (χ3v) is 2.83. The lowest BCUT2D eigenvalue weighted by Gasteiger charge is -2.02. The predicted molar refractivity (Wildman–Crippen MR) is 54.4 cm³/mol. The molecule has 0 atom stereocenters. The van der Waals surface area contributed by atoms with Gasteiger partial charge in [0.25, 0.3) is 0 Å². The number of hydrogen-bond donors (Lipinski definition) is 2. The van der Waals surface area contributed by atoms with E-state index in [1.165, 1.54) is 16.9 Å². The van der Waals surface area contributed by atoms with Crippen LogP contribution in [-0.2, 0) is 16.6 Å². The lowest BCUT2D eigenvalue weighted by atomic mass is 10.5. The monoisotopic (exact) mass is 259 g/mol. The number of carboxylic acid groups (broad SMARTS) is 1. The highest BCUT2D eigenvalue weighted by molar-refractivity contribution is 7.89. The number of carbonyl (C=O) groups is 1. The number of nitrogens with one attached hydrogen (secondary N) is 1. The number of sulfonamides is 1. The molecule has 0 saturated carbocycles. The fourth-order valence-corrected chi connectivity index (χ4v) is 1.63. The molecule has 1 aromatic rings. The number of hydrogen-bond acceptors (Lipinski definition) is 6. The number of nitrogens with zero attached hydrogens (tertiary/aromatic N) is 4. The van der Waals surface area contributed by atoms with Crippen molar-refractivity contribution < 1.29 is 18.3 Å². The van der Waals surface area contributed by atoms with Crippen molar-refractivity contribution in [2.24, 2.45) is 0 Å². The normalized spacial score (nSPS) is 11.0. The molecule has 10 heteroatoms. The summed E-state index contributed by atoms with van der Waals surface area (Å²) in [7, 11) is -3.60. The summed E-state index contributed by atoms with van der Waals surface area (Å²) in [6.45, 7) is 0.136. The van der Waals surface area contributed by atoms with Crippen LogP contribution in [0.5, 0.6) is 0 Å². The molecule has 0 bridgehead atoms. The molecule has 0 radical (unpaired) electrons. The first-order valence-corrected chi connectivity index (χ1v) is 6.07. The highest BCUT2D eigenvalue weighted by Gasteiger charge is 2.10. The van der Waals surface area contributed by atoms with Crippen LogP contribution in [0.15, 0.2) is 6.20 Å². The van der Waals surface area contributed by atoms with E-state index in [1.807, 2.05) is 0 Å². The Bertz CT molecular complexity index is 543. The first-order valence-electron chi connectivity index (χ1n) is 4.42. The van der Waals surface area contributed by atoms with E-state index in [2.05, 4.69) is 15.0 Å². The zero-order valence-electron chi connectivity index (χ0n) is 8.57. The lowest BCUT2D eigenvalue weighted by molar-refractivity contribution is 0.0690. The van der Waals surface area contributed by atoms with Gasteiger partial charge in [0.15, 0.2) is 11.4 Å². The molecular weight excluding hydrogens is 250 g/mol. The summed E-state index contributed by atoms with van der Waals surface area (Å²) in [6, 6.07) is 1.51. The fraction of sp³-hybridized carbons (Fsp3) is 0.429. The predicted octanol–water partition coefficient (Wildman–Crippen LogP) is -1.58. The fourth-order valence-electron chi connectivity index (χ4n) is 0.957. The number of rotatable bonds is 6. The quantitative estimate of drug-likeness (QED) is 0.628. The SMILES string of the molecule is N#CCS(=O)(=O)NCCn1cc(C(=O)O)nn1. The van der Waals surface area contributed by atoms with Crippen molar-refractivity contribution in [1.82, 2.24) is 19.7 Å². The molecule has 0 aromatic carbocycles. The smallest absolute Gasteiger partial charge is 0.358 e. The molecule has 17 heavy (non-hydrogen) atoms. The van der Waals surface area contributed by atoms with Crippen LogP contribution in [-0.4, -0.2) is 46.8 Å². The van der Waals surface area contributed by atoms with E-state index in [0.717, 1.165) is 0 Å². The summed E-state index contributed by atoms with van der Waals surface area (Å²) >= 11 is 0. The average molecular weight is 259 g/mol. The molecule has 0 fully saturated rings. The molecule has 0 amide bonds. The topological polar surface area (TPSA) is 138 Å². The summed E-state index contributed by atoms with van der Waals surface area (Å²) in [5, 5.41) is 23.6. The zero-order chi connectivity index (χ0) is 12.9. The maximum atomic E-state index is 11.1. The van der Waals surface area contributed by atoms with Gasteiger partial charge in [0.05, 0.1) is 18.8 Å². The van der Waals surface area contributed by atoms with Gasteiger partial charge in [-0.15, -0.1) is 5.10 Å². The van der Waals surface area contributed by atoms with Gasteiger partial charge in [0.2, 0.25) is 10.0 Å². The number of aromatic carboxylic acids is 1. The Kier molecular flexibility index (Phi) is 4.13. The Labute approximate surface area is 96.7 Å². The van der Waals surface area contributed by atoms with Crippen LogP contribution in [0.25, 0.3) is 0 Å². The van der Waals surface area contributed by atoms with Crippen molar-refractivity contribution >= 4 is 16.0 Å². The summed E-state index contributed by atoms with van der Waals surface area (Å²) < 4.78 is 25.5. The maximum Gasteiger partial charge on any atom is 0.358 e. The first kappa shape index (κ1) is 13.1. The summed E-state index contributed by atoms with van der Waals surface area (Å²) in [4.78, 5) is 10.5. The van der Waals surface area contributed by atoms with Crippen molar-refractivity contribution in [3.63, 3.8) is 0 Å². The van der Waals surface area contributed by atoms with Crippen LogP contribution < -0.4 is 4.72 Å². The number of carboxylic acids is 1. The largest absolute Gasteiger partial charge is 0.476 e. The van der Waals surface area contributed by atoms with Crippen LogP contribution >= 0.6 is 0 Å². The van der Waals surface area contributed by atoms with Crippen LogP contribution in [0.1, 0.15) is 10.5 Å². The van der Waals surface area contributed by atoms with Gasteiger partial charge in [-0.3, -0.25) is 4.68 Å². The molecule has 2 N–H and O–H groups in total. The van der Waals surface area contributed by atoms with Gasteiger partial charge >= 0.3 is 5.97 Å². The Hall–Kier alpha value is -1.99. The first-order chi connectivity index (χ1) is 7.94. The zero-order valence-corrected chi connectivity index (χ0v) is 9.38. The van der Waals surface area contributed by atoms with Crippen molar-refractivity contribution in [3.05, 3.63) is 11.9 Å². The van der Waals surface area contributed by atoms with Gasteiger partial charge in [-0.05, 0) is 0 Å². The molecule has 0 unspecified atom stereocenters. The van der Waals surface area contributed by atoms with Gasteiger partial charge in [0, 0.05) is 6.54 Å². The molecular formula is C7H9N5O4S. The van der Waals surface area contributed by atoms with Gasteiger partial charge in [-0.2, -0.15) is 5.26 Å². The van der Waals surface area contributed by atoms with Gasteiger partial charge < -0.3 is 5.11 Å². The molecule has 1 aromatic heterocycles. The average Bonchev–Trinajstić information content (AvgIpc) is 2.66. The highest BCUT2D eigenvalue weighted by Crippen LogP contribution is 1.92. The lowest BCUT2D eigenvalue weighted by Crippen LogP contribution is -2.29. The van der Waals surface area contributed by atoms with E-state index in [-0.39, 0.29) is 18.8 Å². The third-order valence-electron chi connectivity index (χ3n) is 1.68. The number of nitriles is 1. The molecule has 0 aliphatic rings. The Balaban J connectivity index is 2.46. The Morgan fingerprint density at radius 2 is 2.35 bits per heavy atom. The summed E-state index contributed by atoms with van der Waals surface area (Å²) in [5.41, 5.74) is -0.218. The van der Waals surface area contributed by atoms with E-state index in [9.17, 15) is 13.2 Å². The van der Waals surface area contributed by atoms with Crippen LogP contribution in [0.2, 0.25) is 0 Å². The summed E-state index contributed by atoms with van der Waals surface area (Å²) in [6.07, 6.45) is 1.18. The molecule has 0 aliphatic heterocycles. The molecule has 0 aliphatic carbocycles. The van der Waals surface area contributed by atoms with E-state index >= 15 is 0 Å². The van der Waals surface area contributed by atoms with Crippen molar-refractivity contribution in [1.29, 1.82) is 5.26 Å². The molecule has 0 spiro atoms. The van der Waals surface area contributed by atoms with Crippen LogP contribution in [0.3, 0.4) is 0 Å². The van der Waals surface area contributed by atoms with Crippen LogP contribution in [0.4, 0.5) is 0 Å². The Morgan fingerprint density at radius 1 is 1.65 bits per heavy atom. The van der Waals surface area contributed by atoms with E-state index in [1.54, 1.807) is 0 Å². The minimum atomic E-state index is -3.60. The van der Waals surface area contributed by atoms with Crippen molar-refractivity contribution in [3.8, 4) is 6.07 Å². The second-order valence-electron chi connectivity index (χ2n) is 2.98. The van der Waals surface area contributed by atoms with Crippen molar-refractivity contribution in [2.75, 3.05) is 12.3 Å². The van der Waals surface area contributed by atoms with E-state index < -0.39 is 21.7 Å². The molecule has 9 nitrogen and oxygen atoms in total. The van der Waals surface area contributed by atoms with Gasteiger partial charge in [-0.25, -0.2) is 17.9 Å². The van der Waals surface area contributed by atoms with Crippen molar-refractivity contribution in [2.45, 2.75) is 6.54 Å². The minimum absolute atomic E-state index is 0.00638. The standard InChI is InChI=1S/C7H9N5O4S/c8-1-4-17(15,16)9-2-3-12-5-6(7(13)14)10-11-12/h5,9H,2-4H2,(H,13,14). The molecule has 1 rings (SSSR count). The third kappa shape index (κ3) is 4.17. The second-order valence-corrected chi connectivity index (χ2v) is 4.79. The summed E-state index contributed by atoms with van der Waals surface area (Å²) in [5.74, 6) is -1.83. The molecule has 1 heterocycles. The molecule has 92 valence electrons.